The Bertz CT molecular complexity index is 668. The first kappa shape index (κ1) is 12.9. The number of fused-ring (bicyclic) bond motifs is 1. The third kappa shape index (κ3) is 3.02. The normalized spacial score (nSPS) is 11.9. The van der Waals surface area contributed by atoms with Crippen LogP contribution in [0, 0.1) is 0 Å². The highest BCUT2D eigenvalue weighted by Crippen LogP contribution is 2.14. The van der Waals surface area contributed by atoms with Gasteiger partial charge in [-0.05, 0) is 12.0 Å². The number of benzene rings is 1. The quantitative estimate of drug-likeness (QED) is 0.662. The van der Waals surface area contributed by atoms with Crippen LogP contribution in [0.2, 0.25) is 0 Å². The first-order chi connectivity index (χ1) is 8.49. The minimum Gasteiger partial charge on any atom is -0.285 e. The van der Waals surface area contributed by atoms with Gasteiger partial charge in [0, 0.05) is 16.6 Å². The molecule has 5 nitrogen and oxygen atoms in total. The van der Waals surface area contributed by atoms with E-state index in [9.17, 15) is 8.42 Å². The van der Waals surface area contributed by atoms with Crippen molar-refractivity contribution in [1.29, 1.82) is 0 Å². The first-order valence-electron chi connectivity index (χ1n) is 5.73. The molecule has 0 radical (unpaired) electrons. The summed E-state index contributed by atoms with van der Waals surface area (Å²) in [5, 5.41) is 5.42. The van der Waals surface area contributed by atoms with Crippen LogP contribution in [0.4, 0.5) is 0 Å². The van der Waals surface area contributed by atoms with Gasteiger partial charge in [0.25, 0.3) is 10.1 Å². The Morgan fingerprint density at radius 2 is 2.11 bits per heavy atom. The molecule has 1 N–H and O–H groups in total. The molecule has 0 fully saturated rings. The van der Waals surface area contributed by atoms with E-state index in [1.54, 1.807) is 6.20 Å². The average Bonchev–Trinajstić information content (AvgIpc) is 2.34. The highest BCUT2D eigenvalue weighted by molar-refractivity contribution is 7.85. The molecule has 2 rings (SSSR count). The van der Waals surface area contributed by atoms with Crippen LogP contribution in [0.25, 0.3) is 10.9 Å². The van der Waals surface area contributed by atoms with E-state index in [2.05, 4.69) is 5.10 Å². The van der Waals surface area contributed by atoms with Gasteiger partial charge in [0.15, 0.2) is 12.7 Å². The number of aryl methyl sites for hydroxylation is 2. The van der Waals surface area contributed by atoms with Gasteiger partial charge in [0.2, 0.25) is 0 Å². The molecule has 0 aliphatic carbocycles. The summed E-state index contributed by atoms with van der Waals surface area (Å²) in [6.45, 7) is 2.19. The fourth-order valence-corrected chi connectivity index (χ4v) is 2.23. The van der Waals surface area contributed by atoms with Crippen molar-refractivity contribution in [3.8, 4) is 0 Å². The Morgan fingerprint density at radius 1 is 1.33 bits per heavy atom. The Balaban J connectivity index is 2.37. The van der Waals surface area contributed by atoms with Gasteiger partial charge in [0.1, 0.15) is 11.3 Å². The first-order valence-corrected chi connectivity index (χ1v) is 7.34. The fourth-order valence-electron chi connectivity index (χ4n) is 1.81. The van der Waals surface area contributed by atoms with E-state index in [4.69, 9.17) is 4.55 Å². The predicted molar refractivity (Wildman–Crippen MR) is 67.7 cm³/mol. The molecule has 0 unspecified atom stereocenters. The summed E-state index contributed by atoms with van der Waals surface area (Å²) in [6, 6.07) is 7.84. The SMILES string of the molecule is CCc1cccc2cc[n+](CCS(=O)(=O)O)nc12. The van der Waals surface area contributed by atoms with Gasteiger partial charge in [-0.2, -0.15) is 8.42 Å². The highest BCUT2D eigenvalue weighted by atomic mass is 32.2. The largest absolute Gasteiger partial charge is 0.285 e. The van der Waals surface area contributed by atoms with Crippen LogP contribution in [-0.2, 0) is 23.1 Å². The van der Waals surface area contributed by atoms with Crippen LogP contribution in [0.3, 0.4) is 0 Å². The number of hydrogen-bond acceptors (Lipinski definition) is 3. The zero-order valence-electron chi connectivity index (χ0n) is 10.1. The van der Waals surface area contributed by atoms with Crippen LogP contribution < -0.4 is 4.68 Å². The minimum atomic E-state index is -3.95. The van der Waals surface area contributed by atoms with E-state index in [0.29, 0.717) is 0 Å². The van der Waals surface area contributed by atoms with Gasteiger partial charge in [-0.3, -0.25) is 4.55 Å². The van der Waals surface area contributed by atoms with Crippen molar-refractivity contribution in [3.05, 3.63) is 36.0 Å². The summed E-state index contributed by atoms with van der Waals surface area (Å²) in [7, 11) is -3.95. The smallest absolute Gasteiger partial charge is 0.271 e. The molecule has 2 aromatic rings. The van der Waals surface area contributed by atoms with Crippen LogP contribution >= 0.6 is 0 Å². The molecule has 96 valence electrons. The Kier molecular flexibility index (Phi) is 3.58. The van der Waals surface area contributed by atoms with Gasteiger partial charge < -0.3 is 0 Å². The molecule has 0 bridgehead atoms. The maximum Gasteiger partial charge on any atom is 0.271 e. The zero-order valence-corrected chi connectivity index (χ0v) is 10.9. The summed E-state index contributed by atoms with van der Waals surface area (Å²) in [5.74, 6) is -0.329. The second-order valence-corrected chi connectivity index (χ2v) is 5.65. The standard InChI is InChI=1S/C12H14N2O3S/c1-2-10-4-3-5-11-6-7-14(13-12(10)11)8-9-18(15,16)17/h3-7H,2,8-9H2,1H3/p+1. The van der Waals surface area contributed by atoms with E-state index in [1.165, 1.54) is 4.68 Å². The molecule has 0 aliphatic heterocycles. The maximum absolute atomic E-state index is 10.7. The topological polar surface area (TPSA) is 71.1 Å². The van der Waals surface area contributed by atoms with Crippen molar-refractivity contribution in [2.45, 2.75) is 19.9 Å². The van der Waals surface area contributed by atoms with Crippen molar-refractivity contribution in [2.75, 3.05) is 5.75 Å². The van der Waals surface area contributed by atoms with Gasteiger partial charge in [-0.25, -0.2) is 0 Å². The summed E-state index contributed by atoms with van der Waals surface area (Å²) in [5.41, 5.74) is 1.99. The number of nitrogens with zero attached hydrogens (tertiary/aromatic N) is 2. The molecule has 0 amide bonds. The van der Waals surface area contributed by atoms with Crippen LogP contribution in [0.15, 0.2) is 30.5 Å². The van der Waals surface area contributed by atoms with Crippen molar-refractivity contribution in [1.82, 2.24) is 5.10 Å². The van der Waals surface area contributed by atoms with Crippen molar-refractivity contribution in [2.24, 2.45) is 0 Å². The van der Waals surface area contributed by atoms with Crippen molar-refractivity contribution in [3.63, 3.8) is 0 Å². The van der Waals surface area contributed by atoms with Gasteiger partial charge in [0.05, 0.1) is 0 Å². The average molecular weight is 267 g/mol. The third-order valence-electron chi connectivity index (χ3n) is 2.76. The molecule has 0 saturated carbocycles. The lowest BCUT2D eigenvalue weighted by atomic mass is 10.1. The van der Waals surface area contributed by atoms with Crippen molar-refractivity contribution < 1.29 is 17.7 Å². The second-order valence-electron chi connectivity index (χ2n) is 4.07. The molecule has 0 atom stereocenters. The highest BCUT2D eigenvalue weighted by Gasteiger charge is 2.12. The maximum atomic E-state index is 10.7. The molecule has 0 spiro atoms. The molecular formula is C12H15N2O3S+. The van der Waals surface area contributed by atoms with E-state index in [-0.39, 0.29) is 12.3 Å². The monoisotopic (exact) mass is 267 g/mol. The summed E-state index contributed by atoms with van der Waals surface area (Å²) < 4.78 is 31.7. The zero-order chi connectivity index (χ0) is 13.2. The van der Waals surface area contributed by atoms with E-state index in [1.807, 2.05) is 31.2 Å². The summed E-state index contributed by atoms with van der Waals surface area (Å²) >= 11 is 0. The lowest BCUT2D eigenvalue weighted by molar-refractivity contribution is -0.747. The van der Waals surface area contributed by atoms with E-state index in [0.717, 1.165) is 22.9 Å². The molecule has 1 aromatic carbocycles. The Morgan fingerprint density at radius 3 is 2.78 bits per heavy atom. The molecule has 18 heavy (non-hydrogen) atoms. The van der Waals surface area contributed by atoms with Crippen LogP contribution in [-0.4, -0.2) is 23.8 Å². The lowest BCUT2D eigenvalue weighted by Gasteiger charge is -2.01. The molecular weight excluding hydrogens is 252 g/mol. The molecule has 1 heterocycles. The van der Waals surface area contributed by atoms with E-state index >= 15 is 0 Å². The third-order valence-corrected chi connectivity index (χ3v) is 3.46. The summed E-state index contributed by atoms with van der Waals surface area (Å²) in [6.07, 6.45) is 2.58. The number of aromatic nitrogens is 2. The fraction of sp³-hybridized carbons (Fsp3) is 0.333. The number of hydrogen-bond donors (Lipinski definition) is 1. The minimum absolute atomic E-state index is 0.146. The Labute approximate surface area is 106 Å². The van der Waals surface area contributed by atoms with Crippen molar-refractivity contribution >= 4 is 21.0 Å². The van der Waals surface area contributed by atoms with Crippen LogP contribution in [0.1, 0.15) is 12.5 Å². The van der Waals surface area contributed by atoms with Gasteiger partial charge >= 0.3 is 0 Å². The van der Waals surface area contributed by atoms with E-state index < -0.39 is 10.1 Å². The van der Waals surface area contributed by atoms with Gasteiger partial charge in [-0.1, -0.05) is 29.8 Å². The molecule has 0 saturated heterocycles. The molecule has 1 aromatic heterocycles. The molecule has 6 heteroatoms. The predicted octanol–water partition coefficient (Wildman–Crippen LogP) is 0.972. The number of rotatable bonds is 4. The lowest BCUT2D eigenvalue weighted by Crippen LogP contribution is -2.40. The van der Waals surface area contributed by atoms with Gasteiger partial charge in [-0.15, -0.1) is 0 Å². The summed E-state index contributed by atoms with van der Waals surface area (Å²) in [4.78, 5) is 0. The Hall–Kier alpha value is -1.53. The molecule has 0 aliphatic rings. The van der Waals surface area contributed by atoms with Crippen LogP contribution in [0.5, 0.6) is 0 Å². The second kappa shape index (κ2) is 4.99.